The summed E-state index contributed by atoms with van der Waals surface area (Å²) in [5.74, 6) is -1.74. The molecule has 7 heterocycles. The third-order valence-electron chi connectivity index (χ3n) is 17.0. The zero-order valence-electron chi connectivity index (χ0n) is 48.8. The van der Waals surface area contributed by atoms with Crippen LogP contribution in [-0.2, 0) is 69.2 Å². The molecule has 444 valence electrons. The number of aromatic nitrogens is 4. The number of fused-ring (bicyclic) bond motifs is 6. The number of hydrazine groups is 1. The Morgan fingerprint density at radius 3 is 2.51 bits per heavy atom. The van der Waals surface area contributed by atoms with E-state index in [2.05, 4.69) is 44.6 Å². The number of carbonyl (C=O) groups excluding carboxylic acids is 4. The van der Waals surface area contributed by atoms with Crippen molar-refractivity contribution in [2.75, 3.05) is 58.5 Å². The molecule has 6 bridgehead atoms. The lowest BCUT2D eigenvalue weighted by molar-refractivity contribution is -0.155. The summed E-state index contributed by atoms with van der Waals surface area (Å²) in [6.07, 6.45) is 7.61. The topological polar surface area (TPSA) is 267 Å². The molecule has 2 aromatic carbocycles. The molecule has 3 saturated heterocycles. The SMILES string of the molecule is CCn1c(-c2cc(-c3nnc(CN4CCS(=O)(=O)CC4)o3)cnc2C(C)OC)c2c3cc(ccc31)-c1cc(O)cc(c1)CC(NC(=O)C(C(C)C)N(C)C(=O)C1OCCC1C1=CC=C(N)CC1)C(=O)N1CCCC(N1)C(=O)OCC(C)(C)C2. The van der Waals surface area contributed by atoms with Crippen LogP contribution in [0.15, 0.2) is 76.5 Å². The van der Waals surface area contributed by atoms with Crippen LogP contribution in [0.2, 0.25) is 0 Å². The molecule has 21 nitrogen and oxygen atoms in total. The highest BCUT2D eigenvalue weighted by Gasteiger charge is 2.43. The van der Waals surface area contributed by atoms with Gasteiger partial charge in [-0.1, -0.05) is 51.5 Å². The molecule has 6 atom stereocenters. The van der Waals surface area contributed by atoms with E-state index in [1.165, 1.54) is 9.91 Å². The van der Waals surface area contributed by atoms with Crippen molar-refractivity contribution >= 4 is 44.4 Å². The summed E-state index contributed by atoms with van der Waals surface area (Å²) in [6, 6.07) is 10.2. The largest absolute Gasteiger partial charge is 0.508 e. The molecule has 5 N–H and O–H groups in total. The number of methoxy groups -OCH3 is 1. The van der Waals surface area contributed by atoms with Crippen molar-refractivity contribution in [2.24, 2.45) is 23.0 Å². The van der Waals surface area contributed by atoms with E-state index in [1.807, 2.05) is 69.9 Å². The fourth-order valence-electron chi connectivity index (χ4n) is 12.5. The Labute approximate surface area is 484 Å². The number of rotatable bonds is 13. The normalized spacial score (nSPS) is 23.0. The van der Waals surface area contributed by atoms with Gasteiger partial charge < -0.3 is 44.3 Å². The number of nitrogens with two attached hydrogens (primary N) is 1. The summed E-state index contributed by atoms with van der Waals surface area (Å²) in [5, 5.41) is 25.7. The molecule has 6 unspecified atom stereocenters. The number of pyridine rings is 1. The number of nitrogens with zero attached hydrogens (tertiary/aromatic N) is 7. The number of esters is 1. The first kappa shape index (κ1) is 59.2. The third kappa shape index (κ3) is 12.8. The van der Waals surface area contributed by atoms with Crippen LogP contribution in [0.1, 0.15) is 102 Å². The van der Waals surface area contributed by atoms with Gasteiger partial charge in [-0.2, -0.15) is 0 Å². The highest BCUT2D eigenvalue weighted by atomic mass is 32.2. The fourth-order valence-corrected chi connectivity index (χ4v) is 13.8. The highest BCUT2D eigenvalue weighted by molar-refractivity contribution is 7.91. The van der Waals surface area contributed by atoms with Crippen molar-refractivity contribution in [3.63, 3.8) is 0 Å². The number of benzene rings is 2. The number of amides is 3. The second kappa shape index (κ2) is 24.3. The summed E-state index contributed by atoms with van der Waals surface area (Å²) in [6.45, 7) is 14.1. The van der Waals surface area contributed by atoms with E-state index >= 15 is 0 Å². The number of sulfone groups is 1. The third-order valence-corrected chi connectivity index (χ3v) is 18.6. The molecule has 22 heteroatoms. The summed E-state index contributed by atoms with van der Waals surface area (Å²) in [7, 11) is 0.157. The summed E-state index contributed by atoms with van der Waals surface area (Å²) < 4.78 is 51.0. The van der Waals surface area contributed by atoms with Gasteiger partial charge in [-0.15, -0.1) is 10.2 Å². The van der Waals surface area contributed by atoms with Gasteiger partial charge in [0.2, 0.25) is 17.7 Å². The van der Waals surface area contributed by atoms with Gasteiger partial charge in [0.25, 0.3) is 11.8 Å². The van der Waals surface area contributed by atoms with Gasteiger partial charge in [0.1, 0.15) is 30.0 Å². The Kier molecular flexibility index (Phi) is 17.3. The van der Waals surface area contributed by atoms with Gasteiger partial charge >= 0.3 is 5.97 Å². The van der Waals surface area contributed by atoms with Gasteiger partial charge in [-0.25, -0.2) is 13.8 Å². The molecule has 4 aliphatic heterocycles. The number of phenols is 1. The van der Waals surface area contributed by atoms with Crippen molar-refractivity contribution in [2.45, 2.75) is 130 Å². The number of likely N-dealkylation sites (N-methyl/N-ethyl adjacent to an activating group) is 1. The molecule has 3 amide bonds. The first-order chi connectivity index (χ1) is 39.6. The van der Waals surface area contributed by atoms with E-state index in [0.29, 0.717) is 93.2 Å². The molecule has 0 radical (unpaired) electrons. The van der Waals surface area contributed by atoms with Crippen LogP contribution in [0.25, 0.3) is 44.7 Å². The first-order valence-corrected chi connectivity index (χ1v) is 30.8. The van der Waals surface area contributed by atoms with Crippen LogP contribution in [0, 0.1) is 17.3 Å². The summed E-state index contributed by atoms with van der Waals surface area (Å²) >= 11 is 0. The quantitative estimate of drug-likeness (QED) is 0.0959. The van der Waals surface area contributed by atoms with E-state index in [1.54, 1.807) is 32.5 Å². The Bertz CT molecular complexity index is 3460. The number of aromatic hydroxyl groups is 1. The molecule has 10 rings (SSSR count). The standard InChI is InChI=1S/C61H78N10O11S/c1-9-70-50-17-14-39-29-45(50)47(54(70)46-30-41(32-63-52(46)36(4)79-8)57-66-65-51(82-57)33-69-20-23-83(77,78)24-21-69)31-61(5,6)34-81-60(76)48-11-10-19-71(67-48)58(74)49(27-37-25-40(39)28-43(72)26-37)64-56(73)53(35(2)3)68(7)59(75)55-44(18-22-80-55)38-12-15-42(62)16-13-38/h12,14-15,17,25-26,28-30,32,35-36,44,48-49,53,55,67,72H,9-11,13,16,18-24,27,31,33-34,62H2,1-8H3,(H,64,73). The predicted octanol–water partition coefficient (Wildman–Crippen LogP) is 6.18. The van der Waals surface area contributed by atoms with Crippen molar-refractivity contribution in [3.8, 4) is 39.6 Å². The van der Waals surface area contributed by atoms with Crippen molar-refractivity contribution in [1.82, 2.24) is 45.3 Å². The molecule has 0 spiro atoms. The number of hydrogen-bond acceptors (Lipinski definition) is 17. The number of carbonyl (C=O) groups is 4. The zero-order valence-corrected chi connectivity index (χ0v) is 49.6. The molecular formula is C61H78N10O11S. The lowest BCUT2D eigenvalue weighted by Crippen LogP contribution is -2.62. The Balaban J connectivity index is 1.03. The number of cyclic esters (lactones) is 1. The summed E-state index contributed by atoms with van der Waals surface area (Å²) in [5.41, 5.74) is 17.1. The van der Waals surface area contributed by atoms with Crippen LogP contribution in [0.3, 0.4) is 0 Å². The molecule has 5 aromatic rings. The van der Waals surface area contributed by atoms with E-state index in [9.17, 15) is 32.7 Å². The van der Waals surface area contributed by atoms with Crippen LogP contribution in [-0.4, -0.2) is 155 Å². The minimum atomic E-state index is -3.08. The minimum Gasteiger partial charge on any atom is -0.508 e. The lowest BCUT2D eigenvalue weighted by Gasteiger charge is -2.37. The van der Waals surface area contributed by atoms with Crippen molar-refractivity contribution < 1.29 is 51.3 Å². The lowest BCUT2D eigenvalue weighted by atomic mass is 9.84. The van der Waals surface area contributed by atoms with Crippen LogP contribution < -0.4 is 16.5 Å². The molecular weight excluding hydrogens is 1080 g/mol. The van der Waals surface area contributed by atoms with Gasteiger partial charge in [0, 0.05) is 93.1 Å². The van der Waals surface area contributed by atoms with Crippen LogP contribution >= 0.6 is 0 Å². The van der Waals surface area contributed by atoms with Crippen molar-refractivity contribution in [1.29, 1.82) is 0 Å². The first-order valence-electron chi connectivity index (χ1n) is 29.0. The highest BCUT2D eigenvalue weighted by Crippen LogP contribution is 2.44. The number of ether oxygens (including phenoxy) is 3. The Hall–Kier alpha value is -6.98. The molecule has 3 fully saturated rings. The Morgan fingerprint density at radius 1 is 1.00 bits per heavy atom. The fraction of sp³-hybridized carbons (Fsp3) is 0.525. The van der Waals surface area contributed by atoms with Crippen LogP contribution in [0.4, 0.5) is 0 Å². The monoisotopic (exact) mass is 1160 g/mol. The second-order valence-corrected chi connectivity index (χ2v) is 26.3. The number of hydrogen-bond donors (Lipinski definition) is 4. The number of allylic oxidation sites excluding steroid dienone is 3. The van der Waals surface area contributed by atoms with E-state index in [4.69, 9.17) is 29.3 Å². The zero-order chi connectivity index (χ0) is 59.1. The molecule has 0 saturated carbocycles. The molecule has 3 aromatic heterocycles. The van der Waals surface area contributed by atoms with E-state index < -0.39 is 63.4 Å². The molecule has 83 heavy (non-hydrogen) atoms. The van der Waals surface area contributed by atoms with Gasteiger partial charge in [-0.05, 0) is 117 Å². The maximum absolute atomic E-state index is 15.0. The van der Waals surface area contributed by atoms with Gasteiger partial charge in [0.05, 0.1) is 47.7 Å². The van der Waals surface area contributed by atoms with Crippen molar-refractivity contribution in [3.05, 3.63) is 94.8 Å². The maximum Gasteiger partial charge on any atom is 0.324 e. The molecule has 1 aliphatic carbocycles. The molecule has 5 aliphatic rings. The average Bonchev–Trinajstić information content (AvgIpc) is 3.28. The minimum absolute atomic E-state index is 0.0244. The number of nitrogens with one attached hydrogen (secondary N) is 2. The maximum atomic E-state index is 15.0. The van der Waals surface area contributed by atoms with E-state index in [0.717, 1.165) is 51.0 Å². The predicted molar refractivity (Wildman–Crippen MR) is 311 cm³/mol. The number of phenolic OH excluding ortho intramolecular Hbond substituents is 1. The van der Waals surface area contributed by atoms with Gasteiger partial charge in [0.15, 0.2) is 9.84 Å². The average molecular weight is 1160 g/mol. The number of aryl methyl sites for hydroxylation is 1. The second-order valence-electron chi connectivity index (χ2n) is 24.0. The van der Waals surface area contributed by atoms with E-state index in [-0.39, 0.29) is 60.5 Å². The smallest absolute Gasteiger partial charge is 0.324 e. The Morgan fingerprint density at radius 2 is 1.78 bits per heavy atom. The summed E-state index contributed by atoms with van der Waals surface area (Å²) in [4.78, 5) is 67.0. The van der Waals surface area contributed by atoms with Crippen LogP contribution in [0.5, 0.6) is 5.75 Å². The van der Waals surface area contributed by atoms with Gasteiger partial charge in [-0.3, -0.25) is 34.1 Å².